The van der Waals surface area contributed by atoms with Crippen LogP contribution in [0, 0.1) is 34.5 Å². The van der Waals surface area contributed by atoms with E-state index >= 15 is 0 Å². The van der Waals surface area contributed by atoms with E-state index in [9.17, 15) is 4.79 Å². The van der Waals surface area contributed by atoms with Gasteiger partial charge in [0.15, 0.2) is 0 Å². The Labute approximate surface area is 188 Å². The molecule has 7 atom stereocenters. The Morgan fingerprint density at radius 1 is 1.00 bits per heavy atom. The molecule has 0 aliphatic heterocycles. The minimum absolute atomic E-state index is 0.108. The van der Waals surface area contributed by atoms with Gasteiger partial charge in [-0.15, -0.1) is 0 Å². The fraction of sp³-hybridized carbons (Fsp3) is 0.621. The minimum Gasteiger partial charge on any atom is -0.463 e. The zero-order valence-electron chi connectivity index (χ0n) is 19.5. The van der Waals surface area contributed by atoms with Crippen LogP contribution in [0.5, 0.6) is 0 Å². The summed E-state index contributed by atoms with van der Waals surface area (Å²) in [4.78, 5) is 11.5. The fourth-order valence-corrected chi connectivity index (χ4v) is 8.17. The lowest BCUT2D eigenvalue weighted by molar-refractivity contribution is -0.158. The molecular formula is C29H38O2. The number of carbonyl (C=O) groups excluding carboxylic acids is 1. The first-order valence-corrected chi connectivity index (χ1v) is 12.5. The Kier molecular flexibility index (Phi) is 5.39. The van der Waals surface area contributed by atoms with Gasteiger partial charge in [0, 0.05) is 6.92 Å². The van der Waals surface area contributed by atoms with Crippen LogP contribution in [0.1, 0.15) is 77.7 Å². The number of hydrogen-bond acceptors (Lipinski definition) is 2. The summed E-state index contributed by atoms with van der Waals surface area (Å²) in [5, 5.41) is 0. The predicted octanol–water partition coefficient (Wildman–Crippen LogP) is 7.21. The van der Waals surface area contributed by atoms with Gasteiger partial charge in [0.05, 0.1) is 0 Å². The average molecular weight is 419 g/mol. The van der Waals surface area contributed by atoms with E-state index in [1.807, 2.05) is 0 Å². The topological polar surface area (TPSA) is 26.3 Å². The molecule has 0 spiro atoms. The maximum absolute atomic E-state index is 11.5. The Balaban J connectivity index is 1.32. The molecule has 31 heavy (non-hydrogen) atoms. The van der Waals surface area contributed by atoms with Crippen molar-refractivity contribution < 1.29 is 9.53 Å². The lowest BCUT2D eigenvalue weighted by Gasteiger charge is -2.60. The summed E-state index contributed by atoms with van der Waals surface area (Å²) in [6.07, 6.45) is 17.4. The quantitative estimate of drug-likeness (QED) is 0.485. The number of benzene rings is 1. The number of ether oxygens (including phenoxy) is 1. The summed E-state index contributed by atoms with van der Waals surface area (Å²) in [6.45, 7) is 6.69. The van der Waals surface area contributed by atoms with Crippen LogP contribution in [0.25, 0.3) is 6.08 Å². The molecule has 2 nitrogen and oxygen atoms in total. The molecule has 0 saturated heterocycles. The van der Waals surface area contributed by atoms with Crippen molar-refractivity contribution >= 4 is 12.0 Å². The lowest BCUT2D eigenvalue weighted by atomic mass is 9.44. The van der Waals surface area contributed by atoms with E-state index in [0.29, 0.717) is 10.8 Å². The van der Waals surface area contributed by atoms with Crippen LogP contribution in [0.4, 0.5) is 0 Å². The minimum atomic E-state index is -0.108. The van der Waals surface area contributed by atoms with E-state index in [-0.39, 0.29) is 12.1 Å². The van der Waals surface area contributed by atoms with Crippen LogP contribution >= 0.6 is 0 Å². The van der Waals surface area contributed by atoms with Crippen molar-refractivity contribution in [3.05, 3.63) is 53.6 Å². The Morgan fingerprint density at radius 3 is 2.58 bits per heavy atom. The molecule has 4 aliphatic rings. The molecule has 7 unspecified atom stereocenters. The molecule has 0 heterocycles. The van der Waals surface area contributed by atoms with E-state index in [1.54, 1.807) is 12.5 Å². The molecule has 5 rings (SSSR count). The highest BCUT2D eigenvalue weighted by Gasteiger charge is 2.58. The van der Waals surface area contributed by atoms with Crippen molar-refractivity contribution in [1.82, 2.24) is 0 Å². The van der Waals surface area contributed by atoms with Crippen LogP contribution < -0.4 is 0 Å². The first-order chi connectivity index (χ1) is 14.9. The Morgan fingerprint density at radius 2 is 1.81 bits per heavy atom. The zero-order chi connectivity index (χ0) is 21.6. The molecular weight excluding hydrogens is 380 g/mol. The molecule has 0 amide bonds. The standard InChI is InChI=1S/C29H38O2/c1-20(30)31-24-15-17-29(3)23(19-24)11-13-25-26-14-12-22(28(26,2)18-16-27(25)29)10-9-21-7-5-4-6-8-21/h4-10,12,23-27H,11,13-19H2,1-3H3. The third-order valence-electron chi connectivity index (χ3n) is 9.85. The highest BCUT2D eigenvalue weighted by atomic mass is 16.5. The number of carbonyl (C=O) groups is 1. The molecule has 0 aromatic heterocycles. The summed E-state index contributed by atoms with van der Waals surface area (Å²) < 4.78 is 5.63. The highest BCUT2D eigenvalue weighted by molar-refractivity contribution is 5.66. The van der Waals surface area contributed by atoms with Crippen molar-refractivity contribution in [1.29, 1.82) is 0 Å². The van der Waals surface area contributed by atoms with E-state index in [1.165, 1.54) is 44.1 Å². The van der Waals surface area contributed by atoms with Crippen molar-refractivity contribution in [3.8, 4) is 0 Å². The van der Waals surface area contributed by atoms with E-state index < -0.39 is 0 Å². The molecule has 0 N–H and O–H groups in total. The van der Waals surface area contributed by atoms with Gasteiger partial charge in [0.25, 0.3) is 0 Å². The molecule has 2 heteroatoms. The molecule has 3 saturated carbocycles. The van der Waals surface area contributed by atoms with Gasteiger partial charge in [-0.3, -0.25) is 4.79 Å². The SMILES string of the molecule is CC(=O)OC1CCC2(C)C(CCC3C4CC=C(C=Cc5ccccc5)C4(C)CCC32)C1. The molecule has 1 aromatic carbocycles. The number of esters is 1. The molecule has 4 aliphatic carbocycles. The molecule has 3 fully saturated rings. The maximum Gasteiger partial charge on any atom is 0.302 e. The van der Waals surface area contributed by atoms with Gasteiger partial charge in [-0.1, -0.05) is 62.4 Å². The third-order valence-corrected chi connectivity index (χ3v) is 9.85. The number of rotatable bonds is 3. The zero-order valence-corrected chi connectivity index (χ0v) is 19.5. The van der Waals surface area contributed by atoms with Crippen LogP contribution in [0.3, 0.4) is 0 Å². The first kappa shape index (κ1) is 21.0. The number of allylic oxidation sites excluding steroid dienone is 3. The van der Waals surface area contributed by atoms with E-state index in [4.69, 9.17) is 4.74 Å². The van der Waals surface area contributed by atoms with Crippen molar-refractivity contribution in [3.63, 3.8) is 0 Å². The molecule has 166 valence electrons. The lowest BCUT2D eigenvalue weighted by Crippen LogP contribution is -2.53. The van der Waals surface area contributed by atoms with Crippen molar-refractivity contribution in [2.45, 2.75) is 78.2 Å². The van der Waals surface area contributed by atoms with Crippen LogP contribution in [0.2, 0.25) is 0 Å². The van der Waals surface area contributed by atoms with Crippen molar-refractivity contribution in [2.24, 2.45) is 34.5 Å². The number of fused-ring (bicyclic) bond motifs is 5. The smallest absolute Gasteiger partial charge is 0.302 e. The summed E-state index contributed by atoms with van der Waals surface area (Å²) in [6, 6.07) is 10.7. The Bertz CT molecular complexity index is 883. The molecule has 1 aromatic rings. The van der Waals surface area contributed by atoms with Gasteiger partial charge < -0.3 is 4.74 Å². The summed E-state index contributed by atoms with van der Waals surface area (Å²) in [7, 11) is 0. The van der Waals surface area contributed by atoms with Gasteiger partial charge in [-0.25, -0.2) is 0 Å². The van der Waals surface area contributed by atoms with Gasteiger partial charge in [-0.05, 0) is 97.0 Å². The normalized spacial score (nSPS) is 41.8. The average Bonchev–Trinajstić information content (AvgIpc) is 3.09. The second-order valence-corrected chi connectivity index (χ2v) is 11.3. The highest BCUT2D eigenvalue weighted by Crippen LogP contribution is 2.66. The summed E-state index contributed by atoms with van der Waals surface area (Å²) in [5.41, 5.74) is 3.64. The van der Waals surface area contributed by atoms with Gasteiger partial charge >= 0.3 is 5.97 Å². The second-order valence-electron chi connectivity index (χ2n) is 11.3. The van der Waals surface area contributed by atoms with Crippen LogP contribution in [-0.2, 0) is 9.53 Å². The summed E-state index contributed by atoms with van der Waals surface area (Å²) in [5.74, 6) is 3.11. The largest absolute Gasteiger partial charge is 0.463 e. The van der Waals surface area contributed by atoms with Crippen LogP contribution in [0.15, 0.2) is 48.1 Å². The summed E-state index contributed by atoms with van der Waals surface area (Å²) >= 11 is 0. The van der Waals surface area contributed by atoms with Gasteiger partial charge in [0.1, 0.15) is 6.10 Å². The van der Waals surface area contributed by atoms with Crippen LogP contribution in [-0.4, -0.2) is 12.1 Å². The van der Waals surface area contributed by atoms with Crippen molar-refractivity contribution in [2.75, 3.05) is 0 Å². The molecule has 0 bridgehead atoms. The van der Waals surface area contributed by atoms with Gasteiger partial charge in [0.2, 0.25) is 0 Å². The van der Waals surface area contributed by atoms with E-state index in [2.05, 4.69) is 62.4 Å². The second kappa shape index (κ2) is 7.94. The third kappa shape index (κ3) is 3.60. The van der Waals surface area contributed by atoms with E-state index in [0.717, 1.165) is 36.5 Å². The Hall–Kier alpha value is -1.83. The van der Waals surface area contributed by atoms with Gasteiger partial charge in [-0.2, -0.15) is 0 Å². The number of hydrogen-bond donors (Lipinski definition) is 0. The first-order valence-electron chi connectivity index (χ1n) is 12.5. The fourth-order valence-electron chi connectivity index (χ4n) is 8.17. The maximum atomic E-state index is 11.5. The monoisotopic (exact) mass is 418 g/mol. The predicted molar refractivity (Wildman–Crippen MR) is 126 cm³/mol. The molecule has 0 radical (unpaired) electrons.